The molecule has 4 nitrogen and oxygen atoms in total. The average Bonchev–Trinajstić information content (AvgIpc) is 2.06. The van der Waals surface area contributed by atoms with Crippen molar-refractivity contribution < 1.29 is 17.9 Å². The van der Waals surface area contributed by atoms with Crippen molar-refractivity contribution >= 4 is 0 Å². The van der Waals surface area contributed by atoms with Crippen LogP contribution in [0.4, 0.5) is 13.2 Å². The van der Waals surface area contributed by atoms with Gasteiger partial charge in [-0.25, -0.2) is 0 Å². The van der Waals surface area contributed by atoms with Crippen LogP contribution in [0.3, 0.4) is 0 Å². The summed E-state index contributed by atoms with van der Waals surface area (Å²) in [5.74, 6) is -0.797. The summed E-state index contributed by atoms with van der Waals surface area (Å²) in [6.45, 7) is 0.0432. The number of nitrogens with two attached hydrogens (primary N) is 1. The van der Waals surface area contributed by atoms with Crippen molar-refractivity contribution in [2.24, 2.45) is 5.73 Å². The Hall–Kier alpha value is -1.50. The number of pyridine rings is 1. The third kappa shape index (κ3) is 2.77. The van der Waals surface area contributed by atoms with E-state index in [-0.39, 0.29) is 6.54 Å². The van der Waals surface area contributed by atoms with Gasteiger partial charge in [0.25, 0.3) is 5.56 Å². The van der Waals surface area contributed by atoms with Crippen molar-refractivity contribution in [3.63, 3.8) is 0 Å². The van der Waals surface area contributed by atoms with Gasteiger partial charge in [0.15, 0.2) is 5.75 Å². The number of hydrogen-bond acceptors (Lipinski definition) is 3. The molecule has 0 aliphatic rings. The number of hydrogen-bond donors (Lipinski definition) is 2. The van der Waals surface area contributed by atoms with Gasteiger partial charge < -0.3 is 15.5 Å². The molecule has 0 spiro atoms. The first-order valence-corrected chi connectivity index (χ1v) is 3.60. The number of alkyl halides is 3. The van der Waals surface area contributed by atoms with Gasteiger partial charge in [-0.2, -0.15) is 0 Å². The van der Waals surface area contributed by atoms with Crippen molar-refractivity contribution in [3.8, 4) is 5.75 Å². The Morgan fingerprint density at radius 1 is 1.43 bits per heavy atom. The van der Waals surface area contributed by atoms with Crippen LogP contribution in [0.1, 0.15) is 5.69 Å². The number of H-pyrrole nitrogens is 1. The molecule has 0 aromatic carbocycles. The molecule has 0 aliphatic carbocycles. The van der Waals surface area contributed by atoms with Crippen molar-refractivity contribution in [1.29, 1.82) is 0 Å². The van der Waals surface area contributed by atoms with Gasteiger partial charge >= 0.3 is 6.36 Å². The predicted molar refractivity (Wildman–Crippen MR) is 41.6 cm³/mol. The molecule has 1 heterocycles. The number of halogens is 3. The summed E-state index contributed by atoms with van der Waals surface area (Å²) in [5, 5.41) is 0. The van der Waals surface area contributed by atoms with Crippen LogP contribution in [0.25, 0.3) is 0 Å². The van der Waals surface area contributed by atoms with Crippen LogP contribution in [0.5, 0.6) is 5.75 Å². The summed E-state index contributed by atoms with van der Waals surface area (Å²) in [6.07, 6.45) is -4.86. The summed E-state index contributed by atoms with van der Waals surface area (Å²) in [6, 6.07) is 2.18. The lowest BCUT2D eigenvalue weighted by molar-refractivity contribution is -0.275. The molecule has 0 atom stereocenters. The van der Waals surface area contributed by atoms with Crippen LogP contribution in [0, 0.1) is 0 Å². The first kappa shape index (κ1) is 10.6. The lowest BCUT2D eigenvalue weighted by atomic mass is 10.3. The molecular formula is C7H7F3N2O2. The molecular weight excluding hydrogens is 201 g/mol. The minimum atomic E-state index is -4.86. The second-order valence-corrected chi connectivity index (χ2v) is 2.43. The van der Waals surface area contributed by atoms with Gasteiger partial charge in [0.2, 0.25) is 0 Å². The van der Waals surface area contributed by atoms with E-state index in [1.54, 1.807) is 0 Å². The van der Waals surface area contributed by atoms with Crippen LogP contribution < -0.4 is 16.0 Å². The van der Waals surface area contributed by atoms with E-state index in [1.165, 1.54) is 6.07 Å². The van der Waals surface area contributed by atoms with Crippen LogP contribution in [-0.4, -0.2) is 11.3 Å². The van der Waals surface area contributed by atoms with Gasteiger partial charge in [-0.1, -0.05) is 0 Å². The highest BCUT2D eigenvalue weighted by molar-refractivity contribution is 5.20. The Balaban J connectivity index is 2.96. The van der Waals surface area contributed by atoms with E-state index in [4.69, 9.17) is 5.73 Å². The highest BCUT2D eigenvalue weighted by Gasteiger charge is 2.32. The summed E-state index contributed by atoms with van der Waals surface area (Å²) in [5.41, 5.74) is 4.55. The van der Waals surface area contributed by atoms with Gasteiger partial charge in [-0.15, -0.1) is 13.2 Å². The Kier molecular flexibility index (Phi) is 2.80. The third-order valence-corrected chi connectivity index (χ3v) is 1.38. The second-order valence-electron chi connectivity index (χ2n) is 2.43. The highest BCUT2D eigenvalue weighted by Crippen LogP contribution is 2.18. The molecule has 1 rings (SSSR count). The molecule has 3 N–H and O–H groups in total. The highest BCUT2D eigenvalue weighted by atomic mass is 19.4. The monoisotopic (exact) mass is 208 g/mol. The van der Waals surface area contributed by atoms with E-state index in [0.717, 1.165) is 6.07 Å². The zero-order chi connectivity index (χ0) is 10.8. The molecule has 0 amide bonds. The molecule has 0 saturated heterocycles. The van der Waals surface area contributed by atoms with E-state index in [9.17, 15) is 18.0 Å². The Morgan fingerprint density at radius 3 is 2.50 bits per heavy atom. The van der Waals surface area contributed by atoms with Gasteiger partial charge in [0.05, 0.1) is 0 Å². The summed E-state index contributed by atoms with van der Waals surface area (Å²) in [4.78, 5) is 13.1. The molecule has 7 heteroatoms. The maximum Gasteiger partial charge on any atom is 0.573 e. The van der Waals surface area contributed by atoms with E-state index in [0.29, 0.717) is 5.69 Å². The zero-order valence-electron chi connectivity index (χ0n) is 6.89. The minimum absolute atomic E-state index is 0.0432. The maximum absolute atomic E-state index is 11.7. The first-order valence-electron chi connectivity index (χ1n) is 3.60. The first-order chi connectivity index (χ1) is 6.42. The Morgan fingerprint density at radius 2 is 2.07 bits per heavy atom. The van der Waals surface area contributed by atoms with Crippen LogP contribution in [0.15, 0.2) is 16.9 Å². The smallest absolute Gasteiger partial charge is 0.400 e. The molecule has 0 saturated carbocycles. The van der Waals surface area contributed by atoms with E-state index in [2.05, 4.69) is 9.72 Å². The minimum Gasteiger partial charge on any atom is -0.400 e. The molecule has 0 radical (unpaired) electrons. The molecule has 0 bridgehead atoms. The fraction of sp³-hybridized carbons (Fsp3) is 0.286. The fourth-order valence-electron chi connectivity index (χ4n) is 0.825. The SMILES string of the molecule is NCc1ccc(OC(F)(F)F)c(=O)[nH]1. The number of ether oxygens (including phenoxy) is 1. The topological polar surface area (TPSA) is 68.1 Å². The van der Waals surface area contributed by atoms with Crippen LogP contribution in [0.2, 0.25) is 0 Å². The summed E-state index contributed by atoms with van der Waals surface area (Å²) in [7, 11) is 0. The molecule has 0 unspecified atom stereocenters. The van der Waals surface area contributed by atoms with Gasteiger partial charge in [-0.05, 0) is 12.1 Å². The van der Waals surface area contributed by atoms with Crippen molar-refractivity contribution in [2.45, 2.75) is 12.9 Å². The molecule has 0 aliphatic heterocycles. The van der Waals surface area contributed by atoms with E-state index >= 15 is 0 Å². The number of rotatable bonds is 2. The summed E-state index contributed by atoms with van der Waals surface area (Å²) >= 11 is 0. The van der Waals surface area contributed by atoms with Gasteiger partial charge in [0, 0.05) is 12.2 Å². The van der Waals surface area contributed by atoms with Gasteiger partial charge in [-0.3, -0.25) is 4.79 Å². The maximum atomic E-state index is 11.7. The quantitative estimate of drug-likeness (QED) is 0.752. The lowest BCUT2D eigenvalue weighted by Crippen LogP contribution is -2.23. The molecule has 0 fully saturated rings. The number of nitrogens with one attached hydrogen (secondary N) is 1. The number of aromatic amines is 1. The normalized spacial score (nSPS) is 11.4. The standard InChI is InChI=1S/C7H7F3N2O2/c8-7(9,10)14-5-2-1-4(3-11)12-6(5)13/h1-2H,3,11H2,(H,12,13). The molecule has 1 aromatic rings. The fourth-order valence-corrected chi connectivity index (χ4v) is 0.825. The van der Waals surface area contributed by atoms with Gasteiger partial charge in [0.1, 0.15) is 0 Å². The van der Waals surface area contributed by atoms with Crippen molar-refractivity contribution in [1.82, 2.24) is 4.98 Å². The van der Waals surface area contributed by atoms with Crippen molar-refractivity contribution in [3.05, 3.63) is 28.2 Å². The molecule has 78 valence electrons. The number of aromatic nitrogens is 1. The van der Waals surface area contributed by atoms with E-state index < -0.39 is 17.7 Å². The zero-order valence-corrected chi connectivity index (χ0v) is 6.89. The molecule has 14 heavy (non-hydrogen) atoms. The second kappa shape index (κ2) is 3.70. The molecule has 1 aromatic heterocycles. The summed E-state index contributed by atoms with van der Waals surface area (Å²) < 4.78 is 38.6. The lowest BCUT2D eigenvalue weighted by Gasteiger charge is -2.07. The third-order valence-electron chi connectivity index (χ3n) is 1.38. The Bertz CT molecular complexity index is 372. The van der Waals surface area contributed by atoms with E-state index in [1.807, 2.05) is 0 Å². The van der Waals surface area contributed by atoms with Crippen molar-refractivity contribution in [2.75, 3.05) is 0 Å². The Labute approximate surface area is 76.5 Å². The average molecular weight is 208 g/mol. The predicted octanol–water partition coefficient (Wildman–Crippen LogP) is 0.732. The van der Waals surface area contributed by atoms with Crippen LogP contribution >= 0.6 is 0 Å². The van der Waals surface area contributed by atoms with Crippen LogP contribution in [-0.2, 0) is 6.54 Å². The largest absolute Gasteiger partial charge is 0.573 e.